The normalized spacial score (nSPS) is 11.5. The maximum atomic E-state index is 12.7. The SMILES string of the molecule is CCSc1nc2cc(Cl)ccc2c(=O)n1CCCOC(C)C. The monoisotopic (exact) mass is 340 g/mol. The van der Waals surface area contributed by atoms with Crippen molar-refractivity contribution >= 4 is 34.3 Å². The third kappa shape index (κ3) is 4.24. The first-order valence-electron chi connectivity index (χ1n) is 7.47. The Morgan fingerprint density at radius 3 is 2.86 bits per heavy atom. The molecule has 1 heterocycles. The molecular formula is C16H21ClN2O2S. The molecule has 4 nitrogen and oxygen atoms in total. The van der Waals surface area contributed by atoms with E-state index in [1.807, 2.05) is 20.8 Å². The van der Waals surface area contributed by atoms with Crippen LogP contribution in [0.3, 0.4) is 0 Å². The Morgan fingerprint density at radius 1 is 1.41 bits per heavy atom. The highest BCUT2D eigenvalue weighted by Crippen LogP contribution is 2.20. The van der Waals surface area contributed by atoms with Crippen LogP contribution in [-0.4, -0.2) is 28.0 Å². The Hall–Kier alpha value is -1.04. The Bertz CT molecular complexity index is 700. The molecule has 0 N–H and O–H groups in total. The van der Waals surface area contributed by atoms with Crippen molar-refractivity contribution in [2.24, 2.45) is 0 Å². The Morgan fingerprint density at radius 2 is 2.18 bits per heavy atom. The van der Waals surface area contributed by atoms with E-state index in [9.17, 15) is 4.79 Å². The predicted octanol–water partition coefficient (Wildman–Crippen LogP) is 3.98. The number of ether oxygens (including phenoxy) is 1. The van der Waals surface area contributed by atoms with E-state index in [0.29, 0.717) is 29.1 Å². The minimum absolute atomic E-state index is 0.0119. The zero-order valence-electron chi connectivity index (χ0n) is 13.1. The van der Waals surface area contributed by atoms with Gasteiger partial charge in [-0.25, -0.2) is 4.98 Å². The molecule has 0 aliphatic carbocycles. The zero-order chi connectivity index (χ0) is 16.1. The standard InChI is InChI=1S/C16H21ClN2O2S/c1-4-22-16-18-14-10-12(17)6-7-13(14)15(20)19(16)8-5-9-21-11(2)3/h6-7,10-11H,4-5,8-9H2,1-3H3. The number of thioether (sulfide) groups is 1. The third-order valence-electron chi connectivity index (χ3n) is 3.13. The molecule has 0 fully saturated rings. The first-order valence-corrected chi connectivity index (χ1v) is 8.83. The molecule has 120 valence electrons. The smallest absolute Gasteiger partial charge is 0.262 e. The molecule has 0 aliphatic rings. The van der Waals surface area contributed by atoms with Crippen molar-refractivity contribution in [2.75, 3.05) is 12.4 Å². The number of benzene rings is 1. The predicted molar refractivity (Wildman–Crippen MR) is 93.1 cm³/mol. The summed E-state index contributed by atoms with van der Waals surface area (Å²) in [6.07, 6.45) is 0.994. The minimum Gasteiger partial charge on any atom is -0.379 e. The number of rotatable bonds is 7. The van der Waals surface area contributed by atoms with Gasteiger partial charge in [0.15, 0.2) is 5.16 Å². The molecule has 0 unspecified atom stereocenters. The van der Waals surface area contributed by atoms with Gasteiger partial charge in [0, 0.05) is 18.2 Å². The van der Waals surface area contributed by atoms with Crippen LogP contribution in [-0.2, 0) is 11.3 Å². The summed E-state index contributed by atoms with van der Waals surface area (Å²) in [7, 11) is 0. The van der Waals surface area contributed by atoms with Gasteiger partial charge in [0.2, 0.25) is 0 Å². The number of aromatic nitrogens is 2. The Balaban J connectivity index is 2.33. The number of hydrogen-bond donors (Lipinski definition) is 0. The fraction of sp³-hybridized carbons (Fsp3) is 0.500. The molecule has 1 aromatic heterocycles. The molecule has 22 heavy (non-hydrogen) atoms. The van der Waals surface area contributed by atoms with Gasteiger partial charge < -0.3 is 4.74 Å². The molecule has 0 radical (unpaired) electrons. The van der Waals surface area contributed by atoms with Crippen LogP contribution < -0.4 is 5.56 Å². The van der Waals surface area contributed by atoms with E-state index >= 15 is 0 Å². The fourth-order valence-electron chi connectivity index (χ4n) is 2.15. The van der Waals surface area contributed by atoms with Crippen molar-refractivity contribution in [3.63, 3.8) is 0 Å². The topological polar surface area (TPSA) is 44.1 Å². The van der Waals surface area contributed by atoms with Gasteiger partial charge in [-0.2, -0.15) is 0 Å². The molecule has 0 saturated carbocycles. The highest BCUT2D eigenvalue weighted by molar-refractivity contribution is 7.99. The largest absolute Gasteiger partial charge is 0.379 e. The van der Waals surface area contributed by atoms with E-state index < -0.39 is 0 Å². The quantitative estimate of drug-likeness (QED) is 0.434. The molecular weight excluding hydrogens is 320 g/mol. The highest BCUT2D eigenvalue weighted by atomic mass is 35.5. The minimum atomic E-state index is -0.0119. The second-order valence-electron chi connectivity index (χ2n) is 5.22. The summed E-state index contributed by atoms with van der Waals surface area (Å²) in [6, 6.07) is 5.21. The van der Waals surface area contributed by atoms with Crippen LogP contribution in [0.5, 0.6) is 0 Å². The average Bonchev–Trinajstić information content (AvgIpc) is 2.45. The van der Waals surface area contributed by atoms with E-state index in [2.05, 4.69) is 4.98 Å². The van der Waals surface area contributed by atoms with Gasteiger partial charge in [-0.15, -0.1) is 0 Å². The van der Waals surface area contributed by atoms with Crippen molar-refractivity contribution < 1.29 is 4.74 Å². The molecule has 0 atom stereocenters. The molecule has 0 aliphatic heterocycles. The molecule has 1 aromatic carbocycles. The van der Waals surface area contributed by atoms with Gasteiger partial charge in [0.25, 0.3) is 5.56 Å². The lowest BCUT2D eigenvalue weighted by molar-refractivity contribution is 0.0743. The van der Waals surface area contributed by atoms with Crippen molar-refractivity contribution in [3.05, 3.63) is 33.6 Å². The van der Waals surface area contributed by atoms with E-state index in [-0.39, 0.29) is 11.7 Å². The molecule has 0 amide bonds. The van der Waals surface area contributed by atoms with Crippen molar-refractivity contribution in [2.45, 2.75) is 45.0 Å². The maximum Gasteiger partial charge on any atom is 0.262 e. The first kappa shape index (κ1) is 17.3. The van der Waals surface area contributed by atoms with Gasteiger partial charge in [-0.1, -0.05) is 30.3 Å². The summed E-state index contributed by atoms with van der Waals surface area (Å²) in [5.74, 6) is 0.862. The van der Waals surface area contributed by atoms with E-state index in [1.54, 1.807) is 34.5 Å². The number of hydrogen-bond acceptors (Lipinski definition) is 4. The summed E-state index contributed by atoms with van der Waals surface area (Å²) < 4.78 is 7.29. The van der Waals surface area contributed by atoms with Crippen LogP contribution >= 0.6 is 23.4 Å². The molecule has 0 bridgehead atoms. The number of nitrogens with zero attached hydrogens (tertiary/aromatic N) is 2. The molecule has 2 aromatic rings. The summed E-state index contributed by atoms with van der Waals surface area (Å²) >= 11 is 7.57. The summed E-state index contributed by atoms with van der Waals surface area (Å²) in [5, 5.41) is 1.94. The van der Waals surface area contributed by atoms with Gasteiger partial charge >= 0.3 is 0 Å². The van der Waals surface area contributed by atoms with Crippen LogP contribution in [0.25, 0.3) is 10.9 Å². The van der Waals surface area contributed by atoms with Crippen LogP contribution in [0.2, 0.25) is 5.02 Å². The van der Waals surface area contributed by atoms with Gasteiger partial charge in [0.1, 0.15) is 0 Å². The summed E-state index contributed by atoms with van der Waals surface area (Å²) in [6.45, 7) is 7.31. The van der Waals surface area contributed by atoms with Crippen molar-refractivity contribution in [3.8, 4) is 0 Å². The van der Waals surface area contributed by atoms with E-state index in [4.69, 9.17) is 16.3 Å². The summed E-state index contributed by atoms with van der Waals surface area (Å²) in [4.78, 5) is 17.3. The maximum absolute atomic E-state index is 12.7. The van der Waals surface area contributed by atoms with Crippen LogP contribution in [0.15, 0.2) is 28.2 Å². The molecule has 0 saturated heterocycles. The van der Waals surface area contributed by atoms with E-state index in [0.717, 1.165) is 17.3 Å². The summed E-state index contributed by atoms with van der Waals surface area (Å²) in [5.41, 5.74) is 0.644. The Labute approximate surface area is 139 Å². The second-order valence-corrected chi connectivity index (χ2v) is 6.89. The molecule has 2 rings (SSSR count). The average molecular weight is 341 g/mol. The molecule has 6 heteroatoms. The number of fused-ring (bicyclic) bond motifs is 1. The highest BCUT2D eigenvalue weighted by Gasteiger charge is 2.11. The lowest BCUT2D eigenvalue weighted by atomic mass is 10.2. The van der Waals surface area contributed by atoms with Gasteiger partial charge in [-0.3, -0.25) is 9.36 Å². The van der Waals surface area contributed by atoms with Crippen LogP contribution in [0.1, 0.15) is 27.2 Å². The van der Waals surface area contributed by atoms with Gasteiger partial charge in [-0.05, 0) is 44.2 Å². The van der Waals surface area contributed by atoms with Crippen LogP contribution in [0, 0.1) is 0 Å². The third-order valence-corrected chi connectivity index (χ3v) is 4.23. The van der Waals surface area contributed by atoms with Gasteiger partial charge in [0.05, 0.1) is 17.0 Å². The fourth-order valence-corrected chi connectivity index (χ4v) is 3.07. The van der Waals surface area contributed by atoms with Crippen molar-refractivity contribution in [1.82, 2.24) is 9.55 Å². The lowest BCUT2D eigenvalue weighted by Crippen LogP contribution is -2.24. The first-order chi connectivity index (χ1) is 10.5. The number of halogens is 1. The van der Waals surface area contributed by atoms with E-state index in [1.165, 1.54) is 0 Å². The molecule has 0 spiro atoms. The van der Waals surface area contributed by atoms with Crippen LogP contribution in [0.4, 0.5) is 0 Å². The zero-order valence-corrected chi connectivity index (χ0v) is 14.7. The lowest BCUT2D eigenvalue weighted by Gasteiger charge is -2.13. The van der Waals surface area contributed by atoms with Crippen molar-refractivity contribution in [1.29, 1.82) is 0 Å². The second kappa shape index (κ2) is 7.99. The Kier molecular flexibility index (Phi) is 6.29.